The summed E-state index contributed by atoms with van der Waals surface area (Å²) in [6, 6.07) is 13.6. The van der Waals surface area contributed by atoms with Gasteiger partial charge in [0, 0.05) is 18.1 Å². The van der Waals surface area contributed by atoms with Crippen LogP contribution in [0.4, 0.5) is 0 Å². The molecule has 7 rings (SSSR count). The molecular formula is C27H33BO2. The first-order valence-corrected chi connectivity index (χ1v) is 11.8. The second kappa shape index (κ2) is 6.39. The summed E-state index contributed by atoms with van der Waals surface area (Å²) < 4.78 is 12.5. The van der Waals surface area contributed by atoms with Crippen LogP contribution < -0.4 is 10.1 Å². The van der Waals surface area contributed by atoms with Crippen LogP contribution in [0.15, 0.2) is 36.4 Å². The lowest BCUT2D eigenvalue weighted by Gasteiger charge is -2.57. The molecule has 4 fully saturated rings. The Labute approximate surface area is 181 Å². The Morgan fingerprint density at radius 2 is 1.57 bits per heavy atom. The summed E-state index contributed by atoms with van der Waals surface area (Å²) in [4.78, 5) is 0. The fourth-order valence-corrected chi connectivity index (χ4v) is 7.52. The predicted octanol–water partition coefficient (Wildman–Crippen LogP) is 5.85. The summed E-state index contributed by atoms with van der Waals surface area (Å²) >= 11 is 0. The van der Waals surface area contributed by atoms with Crippen molar-refractivity contribution in [2.75, 3.05) is 7.11 Å². The van der Waals surface area contributed by atoms with Crippen molar-refractivity contribution >= 4 is 12.6 Å². The van der Waals surface area contributed by atoms with E-state index in [1.54, 1.807) is 7.11 Å². The summed E-state index contributed by atoms with van der Waals surface area (Å²) in [6.45, 7) is 7.02. The molecule has 0 unspecified atom stereocenters. The third-order valence-corrected chi connectivity index (χ3v) is 8.51. The van der Waals surface area contributed by atoms with Gasteiger partial charge in [-0.1, -0.05) is 51.1 Å². The Bertz CT molecular complexity index is 967. The highest BCUT2D eigenvalue weighted by atomic mass is 16.6. The smallest absolute Gasteiger partial charge is 0.532 e. The molecule has 1 aliphatic heterocycles. The molecular weight excluding hydrogens is 367 g/mol. The van der Waals surface area contributed by atoms with Crippen molar-refractivity contribution in [3.63, 3.8) is 0 Å². The molecule has 4 saturated carbocycles. The van der Waals surface area contributed by atoms with Crippen molar-refractivity contribution in [3.05, 3.63) is 47.5 Å². The topological polar surface area (TPSA) is 18.5 Å². The maximum Gasteiger partial charge on any atom is 0.563 e. The van der Waals surface area contributed by atoms with Gasteiger partial charge in [0.2, 0.25) is 0 Å². The average Bonchev–Trinajstić information content (AvgIpc) is 2.70. The molecule has 0 radical (unpaired) electrons. The molecule has 3 heteroatoms. The molecule has 4 aliphatic carbocycles. The van der Waals surface area contributed by atoms with Crippen LogP contribution in [0.1, 0.15) is 70.4 Å². The van der Waals surface area contributed by atoms with E-state index < -0.39 is 0 Å². The van der Waals surface area contributed by atoms with Gasteiger partial charge >= 0.3 is 7.12 Å². The van der Waals surface area contributed by atoms with Crippen LogP contribution in [0.2, 0.25) is 0 Å². The largest absolute Gasteiger partial charge is 0.563 e. The van der Waals surface area contributed by atoms with Crippen molar-refractivity contribution in [3.8, 4) is 16.9 Å². The van der Waals surface area contributed by atoms with Crippen LogP contribution >= 0.6 is 0 Å². The van der Waals surface area contributed by atoms with Crippen LogP contribution in [0.3, 0.4) is 0 Å². The van der Waals surface area contributed by atoms with E-state index in [2.05, 4.69) is 57.2 Å². The molecule has 5 aliphatic rings. The Kier molecular flexibility index (Phi) is 4.04. The van der Waals surface area contributed by atoms with Gasteiger partial charge < -0.3 is 9.31 Å². The highest BCUT2D eigenvalue weighted by molar-refractivity contribution is 6.64. The number of benzene rings is 2. The molecule has 2 nitrogen and oxygen atoms in total. The normalized spacial score (nSPS) is 31.3. The zero-order chi connectivity index (χ0) is 20.7. The second-order valence-corrected chi connectivity index (χ2v) is 11.6. The van der Waals surface area contributed by atoms with E-state index in [1.165, 1.54) is 60.8 Å². The molecule has 0 spiro atoms. The number of rotatable bonds is 2. The molecule has 156 valence electrons. The lowest BCUT2D eigenvalue weighted by Crippen LogP contribution is -2.50. The zero-order valence-corrected chi connectivity index (χ0v) is 18.8. The van der Waals surface area contributed by atoms with Gasteiger partial charge in [0.15, 0.2) is 0 Å². The Balaban J connectivity index is 1.60. The fraction of sp³-hybridized carbons (Fsp3) is 0.556. The minimum Gasteiger partial charge on any atom is -0.532 e. The van der Waals surface area contributed by atoms with Crippen molar-refractivity contribution < 1.29 is 9.31 Å². The minimum atomic E-state index is -0.318. The molecule has 30 heavy (non-hydrogen) atoms. The first-order chi connectivity index (χ1) is 14.4. The fourth-order valence-electron chi connectivity index (χ4n) is 7.52. The van der Waals surface area contributed by atoms with Crippen LogP contribution in [0.25, 0.3) is 11.1 Å². The molecule has 1 heterocycles. The van der Waals surface area contributed by atoms with Crippen molar-refractivity contribution in [2.24, 2.45) is 17.8 Å². The molecule has 4 bridgehead atoms. The summed E-state index contributed by atoms with van der Waals surface area (Å²) in [5.74, 6) is 3.85. The van der Waals surface area contributed by atoms with Gasteiger partial charge in [0.05, 0.1) is 0 Å². The Morgan fingerprint density at radius 1 is 0.933 bits per heavy atom. The summed E-state index contributed by atoms with van der Waals surface area (Å²) in [6.07, 6.45) is 8.44. The maximum atomic E-state index is 6.67. The Hall–Kier alpha value is -1.74. The number of hydrogen-bond donors (Lipinski definition) is 0. The first-order valence-electron chi connectivity index (χ1n) is 11.8. The first kappa shape index (κ1) is 19.0. The van der Waals surface area contributed by atoms with Crippen molar-refractivity contribution in [2.45, 2.75) is 70.1 Å². The maximum absolute atomic E-state index is 6.67. The van der Waals surface area contributed by atoms with Gasteiger partial charge in [-0.2, -0.15) is 0 Å². The third-order valence-electron chi connectivity index (χ3n) is 8.51. The lowest BCUT2D eigenvalue weighted by molar-refractivity contribution is -0.00592. The minimum absolute atomic E-state index is 0.110. The van der Waals surface area contributed by atoms with Crippen LogP contribution in [0.5, 0.6) is 5.75 Å². The summed E-state index contributed by atoms with van der Waals surface area (Å²) in [7, 11) is 1.45. The highest BCUT2D eigenvalue weighted by Gasteiger charge is 2.53. The van der Waals surface area contributed by atoms with E-state index in [0.717, 1.165) is 29.0 Å². The van der Waals surface area contributed by atoms with Crippen LogP contribution in [0, 0.1) is 17.8 Å². The average molecular weight is 400 g/mol. The second-order valence-electron chi connectivity index (χ2n) is 11.6. The van der Waals surface area contributed by atoms with Gasteiger partial charge in [-0.25, -0.2) is 0 Å². The summed E-state index contributed by atoms with van der Waals surface area (Å²) in [5, 5.41) is 0. The SMILES string of the molecule is COB1Oc2c(cc(C(C)(C)C)cc2C23CC4CC(CC(C4)C2)C3)-c2ccccc21. The van der Waals surface area contributed by atoms with Crippen LogP contribution in [-0.2, 0) is 15.5 Å². The molecule has 0 atom stereocenters. The molecule has 0 aromatic heterocycles. The van der Waals surface area contributed by atoms with Gasteiger partial charge in [-0.15, -0.1) is 0 Å². The van der Waals surface area contributed by atoms with Crippen LogP contribution in [-0.4, -0.2) is 14.2 Å². The van der Waals surface area contributed by atoms with Crippen molar-refractivity contribution in [1.82, 2.24) is 0 Å². The number of hydrogen-bond acceptors (Lipinski definition) is 2. The molecule has 2 aromatic carbocycles. The van der Waals surface area contributed by atoms with Gasteiger partial charge in [0.25, 0.3) is 0 Å². The Morgan fingerprint density at radius 3 is 2.17 bits per heavy atom. The molecule has 0 saturated heterocycles. The quantitative estimate of drug-likeness (QED) is 0.589. The van der Waals surface area contributed by atoms with E-state index in [-0.39, 0.29) is 12.5 Å². The summed E-state index contributed by atoms with van der Waals surface area (Å²) in [5.41, 5.74) is 7.03. The number of fused-ring (bicyclic) bond motifs is 3. The van der Waals surface area contributed by atoms with E-state index in [0.29, 0.717) is 5.41 Å². The highest BCUT2D eigenvalue weighted by Crippen LogP contribution is 2.63. The molecule has 0 amide bonds. The standard InChI is InChI=1S/C27H33BO2/c1-26(2,3)20-12-22-21-7-5-6-8-24(21)28(29-4)30-25(22)23(13-20)27-14-17-9-18(15-27)11-19(10-17)16-27/h5-8,12-13,17-19H,9-11,14-16H2,1-4H3. The van der Waals surface area contributed by atoms with Gasteiger partial charge in [-0.05, 0) is 89.9 Å². The van der Waals surface area contributed by atoms with E-state index in [9.17, 15) is 0 Å². The monoisotopic (exact) mass is 400 g/mol. The van der Waals surface area contributed by atoms with E-state index in [1.807, 2.05) is 0 Å². The molecule has 2 aromatic rings. The van der Waals surface area contributed by atoms with Crippen molar-refractivity contribution in [1.29, 1.82) is 0 Å². The van der Waals surface area contributed by atoms with E-state index in [4.69, 9.17) is 9.31 Å². The van der Waals surface area contributed by atoms with E-state index >= 15 is 0 Å². The molecule has 0 N–H and O–H groups in total. The zero-order valence-electron chi connectivity index (χ0n) is 18.8. The third kappa shape index (κ3) is 2.74. The van der Waals surface area contributed by atoms with Gasteiger partial charge in [0.1, 0.15) is 5.75 Å². The van der Waals surface area contributed by atoms with Gasteiger partial charge in [-0.3, -0.25) is 0 Å². The lowest BCUT2D eigenvalue weighted by atomic mass is 9.47. The predicted molar refractivity (Wildman–Crippen MR) is 123 cm³/mol.